The van der Waals surface area contributed by atoms with E-state index in [1.807, 2.05) is 24.3 Å². The first-order valence-corrected chi connectivity index (χ1v) is 8.03. The zero-order chi connectivity index (χ0) is 16.1. The van der Waals surface area contributed by atoms with E-state index in [-0.39, 0.29) is 12.2 Å². The van der Waals surface area contributed by atoms with Crippen LogP contribution in [0.25, 0.3) is 0 Å². The molecule has 2 atom stereocenters. The Kier molecular flexibility index (Phi) is 5.39. The standard InChI is InChI=1S/C18H20ClNO3/c1-21-16-11-14(7-8-15(16)19)23-18(13-5-3-2-4-6-13)17-12-20-9-10-22-17/h2-8,11,17-18,20H,9-10,12H2,1H3. The highest BCUT2D eigenvalue weighted by Crippen LogP contribution is 2.33. The molecular formula is C18H20ClNO3. The number of ether oxygens (including phenoxy) is 3. The van der Waals surface area contributed by atoms with Gasteiger partial charge in [0.2, 0.25) is 0 Å². The highest BCUT2D eigenvalue weighted by molar-refractivity contribution is 6.32. The van der Waals surface area contributed by atoms with Gasteiger partial charge in [-0.25, -0.2) is 0 Å². The molecule has 5 heteroatoms. The number of nitrogens with one attached hydrogen (secondary N) is 1. The lowest BCUT2D eigenvalue weighted by Gasteiger charge is -2.31. The van der Waals surface area contributed by atoms with Gasteiger partial charge >= 0.3 is 0 Å². The third-order valence-corrected chi connectivity index (χ3v) is 4.12. The Morgan fingerprint density at radius 1 is 1.22 bits per heavy atom. The van der Waals surface area contributed by atoms with Gasteiger partial charge in [0.25, 0.3) is 0 Å². The monoisotopic (exact) mass is 333 g/mol. The lowest BCUT2D eigenvalue weighted by atomic mass is 10.0. The Balaban J connectivity index is 1.86. The number of hydrogen-bond acceptors (Lipinski definition) is 4. The minimum absolute atomic E-state index is 0.0483. The van der Waals surface area contributed by atoms with Crippen LogP contribution in [0, 0.1) is 0 Å². The molecule has 1 saturated heterocycles. The van der Waals surface area contributed by atoms with Crippen molar-refractivity contribution in [2.24, 2.45) is 0 Å². The van der Waals surface area contributed by atoms with Crippen LogP contribution in [-0.4, -0.2) is 32.9 Å². The van der Waals surface area contributed by atoms with Crippen molar-refractivity contribution >= 4 is 11.6 Å². The fraction of sp³-hybridized carbons (Fsp3) is 0.333. The topological polar surface area (TPSA) is 39.7 Å². The maximum atomic E-state index is 6.23. The largest absolute Gasteiger partial charge is 0.495 e. The zero-order valence-electron chi connectivity index (χ0n) is 13.0. The summed E-state index contributed by atoms with van der Waals surface area (Å²) < 4.78 is 17.4. The van der Waals surface area contributed by atoms with Gasteiger partial charge < -0.3 is 19.5 Å². The fourth-order valence-corrected chi connectivity index (χ4v) is 2.84. The molecule has 1 fully saturated rings. The molecule has 0 saturated carbocycles. The van der Waals surface area contributed by atoms with Gasteiger partial charge in [0, 0.05) is 19.2 Å². The minimum Gasteiger partial charge on any atom is -0.495 e. The predicted molar refractivity (Wildman–Crippen MR) is 90.4 cm³/mol. The lowest BCUT2D eigenvalue weighted by Crippen LogP contribution is -2.43. The summed E-state index contributed by atoms with van der Waals surface area (Å²) >= 11 is 6.08. The molecule has 4 nitrogen and oxygen atoms in total. The van der Waals surface area contributed by atoms with E-state index in [9.17, 15) is 0 Å². The van der Waals surface area contributed by atoms with Crippen molar-refractivity contribution in [2.75, 3.05) is 26.8 Å². The van der Waals surface area contributed by atoms with E-state index in [4.69, 9.17) is 25.8 Å². The maximum Gasteiger partial charge on any atom is 0.151 e. The van der Waals surface area contributed by atoms with Crippen molar-refractivity contribution in [1.29, 1.82) is 0 Å². The second-order valence-corrected chi connectivity index (χ2v) is 5.77. The Labute approximate surface area is 141 Å². The molecule has 122 valence electrons. The second kappa shape index (κ2) is 7.68. The zero-order valence-corrected chi connectivity index (χ0v) is 13.8. The predicted octanol–water partition coefficient (Wildman–Crippen LogP) is 3.46. The van der Waals surface area contributed by atoms with Gasteiger partial charge in [-0.2, -0.15) is 0 Å². The number of methoxy groups -OCH3 is 1. The first-order chi connectivity index (χ1) is 11.3. The number of halogens is 1. The third-order valence-electron chi connectivity index (χ3n) is 3.81. The van der Waals surface area contributed by atoms with Crippen LogP contribution in [0.4, 0.5) is 0 Å². The van der Waals surface area contributed by atoms with Crippen molar-refractivity contribution in [3.05, 3.63) is 59.1 Å². The molecule has 2 unspecified atom stereocenters. The molecule has 0 bridgehead atoms. The number of morpholine rings is 1. The highest BCUT2D eigenvalue weighted by Gasteiger charge is 2.28. The molecule has 23 heavy (non-hydrogen) atoms. The Morgan fingerprint density at radius 3 is 2.74 bits per heavy atom. The molecule has 1 aliphatic rings. The maximum absolute atomic E-state index is 6.23. The number of benzene rings is 2. The molecule has 2 aromatic rings. The molecule has 0 amide bonds. The summed E-state index contributed by atoms with van der Waals surface area (Å²) in [7, 11) is 1.59. The molecule has 0 radical (unpaired) electrons. The van der Waals surface area contributed by atoms with Gasteiger partial charge in [-0.15, -0.1) is 0 Å². The second-order valence-electron chi connectivity index (χ2n) is 5.36. The molecular weight excluding hydrogens is 314 g/mol. The average Bonchev–Trinajstić information content (AvgIpc) is 2.62. The fourth-order valence-electron chi connectivity index (χ4n) is 2.64. The molecule has 1 aliphatic heterocycles. The first kappa shape index (κ1) is 16.1. The van der Waals surface area contributed by atoms with Crippen molar-refractivity contribution in [2.45, 2.75) is 12.2 Å². The normalized spacial score (nSPS) is 19.1. The van der Waals surface area contributed by atoms with Crippen LogP contribution in [-0.2, 0) is 4.74 Å². The van der Waals surface area contributed by atoms with Crippen LogP contribution in [0.3, 0.4) is 0 Å². The van der Waals surface area contributed by atoms with E-state index in [0.29, 0.717) is 23.1 Å². The summed E-state index contributed by atoms with van der Waals surface area (Å²) in [5, 5.41) is 3.91. The molecule has 0 spiro atoms. The van der Waals surface area contributed by atoms with Crippen LogP contribution in [0.2, 0.25) is 5.02 Å². The summed E-state index contributed by atoms with van der Waals surface area (Å²) in [6.07, 6.45) is -0.247. The van der Waals surface area contributed by atoms with Gasteiger partial charge in [-0.1, -0.05) is 41.9 Å². The SMILES string of the molecule is COc1cc(OC(c2ccccc2)C2CNCCO2)ccc1Cl. The van der Waals surface area contributed by atoms with E-state index < -0.39 is 0 Å². The van der Waals surface area contributed by atoms with E-state index in [2.05, 4.69) is 17.4 Å². The van der Waals surface area contributed by atoms with Gasteiger partial charge in [-0.05, 0) is 17.7 Å². The van der Waals surface area contributed by atoms with E-state index >= 15 is 0 Å². The van der Waals surface area contributed by atoms with Crippen molar-refractivity contribution in [3.8, 4) is 11.5 Å². The van der Waals surface area contributed by atoms with E-state index in [0.717, 1.165) is 18.7 Å². The quantitative estimate of drug-likeness (QED) is 0.909. The van der Waals surface area contributed by atoms with Gasteiger partial charge in [0.15, 0.2) is 6.10 Å². The third kappa shape index (κ3) is 3.96. The van der Waals surface area contributed by atoms with Crippen molar-refractivity contribution in [3.63, 3.8) is 0 Å². The lowest BCUT2D eigenvalue weighted by molar-refractivity contribution is -0.0432. The van der Waals surface area contributed by atoms with Gasteiger partial charge in [0.05, 0.1) is 18.7 Å². The van der Waals surface area contributed by atoms with Crippen molar-refractivity contribution in [1.82, 2.24) is 5.32 Å². The smallest absolute Gasteiger partial charge is 0.151 e. The van der Waals surface area contributed by atoms with E-state index in [1.165, 1.54) is 0 Å². The van der Waals surface area contributed by atoms with Crippen LogP contribution >= 0.6 is 11.6 Å². The van der Waals surface area contributed by atoms with Gasteiger partial charge in [0.1, 0.15) is 17.6 Å². The molecule has 2 aromatic carbocycles. The van der Waals surface area contributed by atoms with Crippen LogP contribution < -0.4 is 14.8 Å². The first-order valence-electron chi connectivity index (χ1n) is 7.65. The molecule has 0 aromatic heterocycles. The summed E-state index contributed by atoms with van der Waals surface area (Å²) in [6, 6.07) is 15.5. The molecule has 1 heterocycles. The molecule has 3 rings (SSSR count). The van der Waals surface area contributed by atoms with Crippen LogP contribution in [0.5, 0.6) is 11.5 Å². The highest BCUT2D eigenvalue weighted by atomic mass is 35.5. The summed E-state index contributed by atoms with van der Waals surface area (Å²) in [4.78, 5) is 0. The summed E-state index contributed by atoms with van der Waals surface area (Å²) in [5.41, 5.74) is 1.08. The molecule has 1 N–H and O–H groups in total. The van der Waals surface area contributed by atoms with Crippen LogP contribution in [0.15, 0.2) is 48.5 Å². The molecule has 0 aliphatic carbocycles. The Hall–Kier alpha value is -1.75. The number of rotatable bonds is 5. The summed E-state index contributed by atoms with van der Waals surface area (Å²) in [6.45, 7) is 2.30. The van der Waals surface area contributed by atoms with E-state index in [1.54, 1.807) is 19.2 Å². The van der Waals surface area contributed by atoms with Crippen LogP contribution in [0.1, 0.15) is 11.7 Å². The van der Waals surface area contributed by atoms with Gasteiger partial charge in [-0.3, -0.25) is 0 Å². The average molecular weight is 334 g/mol. The number of hydrogen-bond donors (Lipinski definition) is 1. The Bertz CT molecular complexity index is 629. The Morgan fingerprint density at radius 2 is 2.04 bits per heavy atom. The minimum atomic E-state index is -0.199. The van der Waals surface area contributed by atoms with Crippen molar-refractivity contribution < 1.29 is 14.2 Å². The summed E-state index contributed by atoms with van der Waals surface area (Å²) in [5.74, 6) is 1.30.